The third-order valence-corrected chi connectivity index (χ3v) is 9.49. The van der Waals surface area contributed by atoms with Crippen LogP contribution in [0.25, 0.3) is 0 Å². The van der Waals surface area contributed by atoms with Crippen molar-refractivity contribution in [3.8, 4) is 6.07 Å². The average Bonchev–Trinajstić information content (AvgIpc) is 3.10. The first-order valence-corrected chi connectivity index (χ1v) is 15.1. The van der Waals surface area contributed by atoms with E-state index in [4.69, 9.17) is 22.5 Å². The van der Waals surface area contributed by atoms with Crippen LogP contribution in [0.1, 0.15) is 69.6 Å². The SMILES string of the molecule is CCN(CC1CCN(c2ccc(CN3C(=S)N(c4ccc(C#N)c(C(F)(F)F)c4)C(=O)C3(C)C)cn2)CC1)C1CCC1. The standard InChI is InChI=1S/C31H37F3N6OS/c1-4-37(24-6-5-7-24)19-21-12-14-38(15-13-21)27-11-8-22(18-36-27)20-39-29(42)40(28(41)30(39,2)3)25-10-9-23(17-35)26(16-25)31(32,33)34/h8-11,16,18,21,24H,4-7,12-15,19-20H2,1-3H3. The summed E-state index contributed by atoms with van der Waals surface area (Å²) in [5, 5.41) is 9.25. The molecule has 0 atom stereocenters. The molecule has 0 N–H and O–H groups in total. The molecule has 2 saturated heterocycles. The molecule has 3 aliphatic rings. The van der Waals surface area contributed by atoms with E-state index in [-0.39, 0.29) is 17.3 Å². The van der Waals surface area contributed by atoms with E-state index in [0.717, 1.165) is 66.9 Å². The molecule has 7 nitrogen and oxygen atoms in total. The highest BCUT2D eigenvalue weighted by Gasteiger charge is 2.50. The number of benzene rings is 1. The maximum atomic E-state index is 13.6. The van der Waals surface area contributed by atoms with Gasteiger partial charge in [-0.3, -0.25) is 9.69 Å². The summed E-state index contributed by atoms with van der Waals surface area (Å²) in [6.45, 7) is 10.2. The quantitative estimate of drug-likeness (QED) is 0.347. The lowest BCUT2D eigenvalue weighted by Gasteiger charge is -2.41. The van der Waals surface area contributed by atoms with Gasteiger partial charge in [0.1, 0.15) is 11.4 Å². The maximum Gasteiger partial charge on any atom is 0.417 e. The largest absolute Gasteiger partial charge is 0.417 e. The molecule has 3 fully saturated rings. The van der Waals surface area contributed by atoms with Crippen molar-refractivity contribution in [1.82, 2.24) is 14.8 Å². The summed E-state index contributed by atoms with van der Waals surface area (Å²) >= 11 is 5.62. The first-order valence-electron chi connectivity index (χ1n) is 14.7. The second-order valence-corrected chi connectivity index (χ2v) is 12.4. The first kappa shape index (κ1) is 30.2. The van der Waals surface area contributed by atoms with E-state index < -0.39 is 28.7 Å². The number of alkyl halides is 3. The number of carbonyl (C=O) groups excluding carboxylic acids is 1. The predicted molar refractivity (Wildman–Crippen MR) is 160 cm³/mol. The minimum atomic E-state index is -4.74. The number of hydrogen-bond donors (Lipinski definition) is 0. The number of piperidine rings is 1. The molecule has 1 saturated carbocycles. The van der Waals surface area contributed by atoms with Gasteiger partial charge in [0.15, 0.2) is 5.11 Å². The minimum Gasteiger partial charge on any atom is -0.357 e. The second-order valence-electron chi connectivity index (χ2n) is 12.0. The van der Waals surface area contributed by atoms with Crippen LogP contribution in [0.5, 0.6) is 0 Å². The van der Waals surface area contributed by atoms with Gasteiger partial charge in [0.2, 0.25) is 0 Å². The van der Waals surface area contributed by atoms with Crippen molar-refractivity contribution < 1.29 is 18.0 Å². The fourth-order valence-corrected chi connectivity index (χ4v) is 6.66. The van der Waals surface area contributed by atoms with Crippen molar-refractivity contribution in [3.05, 3.63) is 53.2 Å². The van der Waals surface area contributed by atoms with E-state index in [1.807, 2.05) is 12.1 Å². The minimum absolute atomic E-state index is 0.0153. The van der Waals surface area contributed by atoms with Crippen LogP contribution < -0.4 is 9.80 Å². The number of anilines is 2. The Morgan fingerprint density at radius 3 is 2.40 bits per heavy atom. The molecule has 0 unspecified atom stereocenters. The summed E-state index contributed by atoms with van der Waals surface area (Å²) < 4.78 is 40.8. The number of amides is 1. The van der Waals surface area contributed by atoms with Gasteiger partial charge in [0.25, 0.3) is 5.91 Å². The number of carbonyl (C=O) groups is 1. The molecule has 0 radical (unpaired) electrons. The normalized spacial score (nSPS) is 19.9. The highest BCUT2D eigenvalue weighted by atomic mass is 32.1. The van der Waals surface area contributed by atoms with Gasteiger partial charge in [-0.05, 0) is 94.0 Å². The number of aromatic nitrogens is 1. The molecule has 1 aromatic heterocycles. The summed E-state index contributed by atoms with van der Waals surface area (Å²) in [6.07, 6.45) is 3.36. The second kappa shape index (κ2) is 11.8. The topological polar surface area (TPSA) is 66.7 Å². The van der Waals surface area contributed by atoms with Crippen molar-refractivity contribution in [2.45, 2.75) is 77.2 Å². The lowest BCUT2D eigenvalue weighted by atomic mass is 9.89. The highest BCUT2D eigenvalue weighted by Crippen LogP contribution is 2.38. The van der Waals surface area contributed by atoms with Gasteiger partial charge in [-0.15, -0.1) is 0 Å². The van der Waals surface area contributed by atoms with Gasteiger partial charge in [0.05, 0.1) is 22.9 Å². The average molecular weight is 599 g/mol. The molecule has 42 heavy (non-hydrogen) atoms. The lowest BCUT2D eigenvalue weighted by Crippen LogP contribution is -2.45. The van der Waals surface area contributed by atoms with E-state index >= 15 is 0 Å². The van der Waals surface area contributed by atoms with Gasteiger partial charge in [-0.2, -0.15) is 18.4 Å². The third-order valence-electron chi connectivity index (χ3n) is 9.09. The Bertz CT molecular complexity index is 1360. The van der Waals surface area contributed by atoms with Crippen LogP contribution in [-0.4, -0.2) is 63.6 Å². The van der Waals surface area contributed by atoms with Gasteiger partial charge in [0, 0.05) is 38.4 Å². The molecule has 3 heterocycles. The zero-order valence-electron chi connectivity index (χ0n) is 24.3. The van der Waals surface area contributed by atoms with E-state index in [2.05, 4.69) is 16.7 Å². The Hall–Kier alpha value is -3.23. The van der Waals surface area contributed by atoms with Crippen molar-refractivity contribution in [1.29, 1.82) is 5.26 Å². The summed E-state index contributed by atoms with van der Waals surface area (Å²) in [6, 6.07) is 9.52. The van der Waals surface area contributed by atoms with E-state index in [0.29, 0.717) is 5.92 Å². The van der Waals surface area contributed by atoms with Crippen molar-refractivity contribution in [3.63, 3.8) is 0 Å². The van der Waals surface area contributed by atoms with E-state index in [9.17, 15) is 18.0 Å². The fourth-order valence-electron chi connectivity index (χ4n) is 6.18. The smallest absolute Gasteiger partial charge is 0.357 e. The van der Waals surface area contributed by atoms with Crippen LogP contribution in [0, 0.1) is 17.2 Å². The lowest BCUT2D eigenvalue weighted by molar-refractivity contribution is -0.137. The Morgan fingerprint density at radius 1 is 1.14 bits per heavy atom. The highest BCUT2D eigenvalue weighted by molar-refractivity contribution is 7.80. The summed E-state index contributed by atoms with van der Waals surface area (Å²) in [7, 11) is 0. The number of nitriles is 1. The van der Waals surface area contributed by atoms with Crippen molar-refractivity contribution >= 4 is 34.7 Å². The summed E-state index contributed by atoms with van der Waals surface area (Å²) in [4.78, 5) is 25.9. The number of rotatable bonds is 8. The molecule has 1 amide bonds. The molecule has 5 rings (SSSR count). The molecule has 2 aliphatic heterocycles. The zero-order valence-corrected chi connectivity index (χ0v) is 25.1. The molecule has 0 bridgehead atoms. The van der Waals surface area contributed by atoms with Gasteiger partial charge in [-0.1, -0.05) is 19.4 Å². The maximum absolute atomic E-state index is 13.6. The number of halogens is 3. The number of pyridine rings is 1. The van der Waals surface area contributed by atoms with Crippen LogP contribution in [0.2, 0.25) is 0 Å². The molecule has 2 aromatic rings. The van der Waals surface area contributed by atoms with E-state index in [1.165, 1.54) is 31.9 Å². The fraction of sp³-hybridized carbons (Fsp3) is 0.548. The monoisotopic (exact) mass is 598 g/mol. The zero-order chi connectivity index (χ0) is 30.2. The van der Waals surface area contributed by atoms with Crippen molar-refractivity contribution in [2.75, 3.05) is 36.0 Å². The van der Waals surface area contributed by atoms with Crippen LogP contribution >= 0.6 is 12.2 Å². The van der Waals surface area contributed by atoms with Crippen LogP contribution in [0.4, 0.5) is 24.7 Å². The number of nitrogens with zero attached hydrogens (tertiary/aromatic N) is 6. The van der Waals surface area contributed by atoms with Gasteiger partial charge in [-0.25, -0.2) is 4.98 Å². The Morgan fingerprint density at radius 2 is 1.86 bits per heavy atom. The van der Waals surface area contributed by atoms with E-state index in [1.54, 1.807) is 31.0 Å². The summed E-state index contributed by atoms with van der Waals surface area (Å²) in [5.41, 5.74) is -1.87. The molecular formula is C31H37F3N6OS. The molecule has 0 spiro atoms. The molecule has 224 valence electrons. The predicted octanol–water partition coefficient (Wildman–Crippen LogP) is 5.98. The van der Waals surface area contributed by atoms with Gasteiger partial charge < -0.3 is 14.7 Å². The molecule has 11 heteroatoms. The summed E-state index contributed by atoms with van der Waals surface area (Å²) in [5.74, 6) is 1.20. The van der Waals surface area contributed by atoms with Gasteiger partial charge >= 0.3 is 6.18 Å². The van der Waals surface area contributed by atoms with Crippen LogP contribution in [0.15, 0.2) is 36.5 Å². The van der Waals surface area contributed by atoms with Crippen LogP contribution in [0.3, 0.4) is 0 Å². The first-order chi connectivity index (χ1) is 19.9. The van der Waals surface area contributed by atoms with Crippen LogP contribution in [-0.2, 0) is 17.5 Å². The number of thiocarbonyl (C=S) groups is 1. The third kappa shape index (κ3) is 5.84. The Labute approximate surface area is 250 Å². The molecule has 1 aromatic carbocycles. The Kier molecular flexibility index (Phi) is 8.50. The molecular weight excluding hydrogens is 561 g/mol. The Balaban J connectivity index is 1.24. The molecule has 1 aliphatic carbocycles. The van der Waals surface area contributed by atoms with Crippen molar-refractivity contribution in [2.24, 2.45) is 5.92 Å². The number of hydrogen-bond acceptors (Lipinski definition) is 6.